The lowest BCUT2D eigenvalue weighted by molar-refractivity contribution is 0.148. The summed E-state index contributed by atoms with van der Waals surface area (Å²) in [5.41, 5.74) is 0. The lowest BCUT2D eigenvalue weighted by atomic mass is 10.1. The highest BCUT2D eigenvalue weighted by atomic mass is 32.2. The van der Waals surface area contributed by atoms with E-state index in [4.69, 9.17) is 0 Å². The van der Waals surface area contributed by atoms with Gasteiger partial charge in [0.25, 0.3) is 10.2 Å². The Kier molecular flexibility index (Phi) is 5.85. The summed E-state index contributed by atoms with van der Waals surface area (Å²) < 4.78 is 27.8. The molecule has 1 fully saturated rings. The number of rotatable bonds is 6. The number of piperidine rings is 1. The quantitative estimate of drug-likeness (QED) is 0.772. The Morgan fingerprint density at radius 1 is 1.35 bits per heavy atom. The van der Waals surface area contributed by atoms with Crippen molar-refractivity contribution >= 4 is 10.2 Å². The molecule has 0 spiro atoms. The Morgan fingerprint density at radius 3 is 2.59 bits per heavy atom. The summed E-state index contributed by atoms with van der Waals surface area (Å²) in [4.78, 5) is 0. The molecule has 0 aliphatic carbocycles. The van der Waals surface area contributed by atoms with Crippen molar-refractivity contribution in [2.75, 3.05) is 26.2 Å². The smallest absolute Gasteiger partial charge is 0.282 e. The van der Waals surface area contributed by atoms with Crippen LogP contribution in [0.25, 0.3) is 0 Å². The number of nitrogens with zero attached hydrogens (tertiary/aromatic N) is 2. The molecule has 0 bridgehead atoms. The van der Waals surface area contributed by atoms with Crippen LogP contribution in [0.15, 0.2) is 0 Å². The van der Waals surface area contributed by atoms with Gasteiger partial charge in [0.2, 0.25) is 0 Å². The van der Waals surface area contributed by atoms with Crippen molar-refractivity contribution in [1.82, 2.24) is 8.61 Å². The van der Waals surface area contributed by atoms with Crippen LogP contribution < -0.4 is 0 Å². The molecule has 1 unspecified atom stereocenters. The average molecular weight is 264 g/mol. The van der Waals surface area contributed by atoms with Gasteiger partial charge in [0.05, 0.1) is 6.61 Å². The molecule has 1 aliphatic rings. The van der Waals surface area contributed by atoms with Crippen LogP contribution in [0.2, 0.25) is 0 Å². The monoisotopic (exact) mass is 264 g/mol. The molecule has 1 aliphatic heterocycles. The molecule has 0 radical (unpaired) electrons. The van der Waals surface area contributed by atoms with Gasteiger partial charge in [0, 0.05) is 25.7 Å². The number of hydrogen-bond acceptors (Lipinski definition) is 3. The lowest BCUT2D eigenvalue weighted by Gasteiger charge is -2.36. The highest BCUT2D eigenvalue weighted by Crippen LogP contribution is 2.22. The Morgan fingerprint density at radius 2 is 2.06 bits per heavy atom. The van der Waals surface area contributed by atoms with E-state index < -0.39 is 10.2 Å². The maximum absolute atomic E-state index is 12.4. The van der Waals surface area contributed by atoms with E-state index in [9.17, 15) is 13.5 Å². The third-order valence-corrected chi connectivity index (χ3v) is 5.40. The van der Waals surface area contributed by atoms with Gasteiger partial charge in [-0.1, -0.05) is 20.3 Å². The predicted octanol–water partition coefficient (Wildman–Crippen LogP) is 0.810. The second-order valence-corrected chi connectivity index (χ2v) is 6.32. The number of aliphatic hydroxyl groups is 1. The zero-order valence-electron chi connectivity index (χ0n) is 10.8. The Labute approximate surface area is 105 Å². The normalized spacial score (nSPS) is 23.2. The first kappa shape index (κ1) is 14.9. The highest BCUT2D eigenvalue weighted by molar-refractivity contribution is 7.86. The lowest BCUT2D eigenvalue weighted by Crippen LogP contribution is -2.52. The van der Waals surface area contributed by atoms with E-state index in [0.29, 0.717) is 19.6 Å². The van der Waals surface area contributed by atoms with E-state index in [1.807, 2.05) is 13.8 Å². The molecule has 0 aromatic carbocycles. The predicted molar refractivity (Wildman–Crippen MR) is 67.9 cm³/mol. The first-order valence-corrected chi connectivity index (χ1v) is 7.85. The summed E-state index contributed by atoms with van der Waals surface area (Å²) in [7, 11) is -3.39. The van der Waals surface area contributed by atoms with Gasteiger partial charge in [0.15, 0.2) is 0 Å². The van der Waals surface area contributed by atoms with Crippen LogP contribution >= 0.6 is 0 Å². The van der Waals surface area contributed by atoms with Gasteiger partial charge in [-0.2, -0.15) is 17.0 Å². The SMILES string of the molecule is CCCN(CC)S(=O)(=O)N1CCCCC1CO. The second-order valence-electron chi connectivity index (χ2n) is 4.44. The fraction of sp³-hybridized carbons (Fsp3) is 1.00. The first-order chi connectivity index (χ1) is 8.07. The molecular formula is C11H24N2O3S. The van der Waals surface area contributed by atoms with Crippen LogP contribution in [-0.4, -0.2) is 54.4 Å². The summed E-state index contributed by atoms with van der Waals surface area (Å²) in [5, 5.41) is 9.28. The zero-order chi connectivity index (χ0) is 12.9. The molecule has 0 aromatic heterocycles. The largest absolute Gasteiger partial charge is 0.395 e. The van der Waals surface area contributed by atoms with Gasteiger partial charge in [-0.15, -0.1) is 0 Å². The maximum atomic E-state index is 12.4. The van der Waals surface area contributed by atoms with Crippen molar-refractivity contribution < 1.29 is 13.5 Å². The van der Waals surface area contributed by atoms with E-state index in [2.05, 4.69) is 0 Å². The Bertz CT molecular complexity index is 319. The van der Waals surface area contributed by atoms with Gasteiger partial charge in [0.1, 0.15) is 0 Å². The van der Waals surface area contributed by atoms with Crippen LogP contribution in [0.3, 0.4) is 0 Å². The fourth-order valence-electron chi connectivity index (χ4n) is 2.29. The van der Waals surface area contributed by atoms with Crippen molar-refractivity contribution in [1.29, 1.82) is 0 Å². The minimum atomic E-state index is -3.39. The molecule has 1 rings (SSSR count). The van der Waals surface area contributed by atoms with Crippen LogP contribution in [0.5, 0.6) is 0 Å². The van der Waals surface area contributed by atoms with Crippen LogP contribution in [0.1, 0.15) is 39.5 Å². The molecule has 6 heteroatoms. The van der Waals surface area contributed by atoms with Gasteiger partial charge >= 0.3 is 0 Å². The van der Waals surface area contributed by atoms with Crippen molar-refractivity contribution in [2.45, 2.75) is 45.6 Å². The minimum absolute atomic E-state index is 0.0804. The molecule has 0 aromatic rings. The molecule has 1 saturated heterocycles. The standard InChI is InChI=1S/C11H24N2O3S/c1-3-8-12(4-2)17(15,16)13-9-6-5-7-11(13)10-14/h11,14H,3-10H2,1-2H3. The molecule has 1 atom stereocenters. The van der Waals surface area contributed by atoms with Crippen LogP contribution in [-0.2, 0) is 10.2 Å². The van der Waals surface area contributed by atoms with Gasteiger partial charge in [-0.3, -0.25) is 0 Å². The van der Waals surface area contributed by atoms with Crippen LogP contribution in [0, 0.1) is 0 Å². The molecule has 0 amide bonds. The molecule has 0 saturated carbocycles. The van der Waals surface area contributed by atoms with Gasteiger partial charge in [-0.05, 0) is 19.3 Å². The third-order valence-electron chi connectivity index (χ3n) is 3.23. The summed E-state index contributed by atoms with van der Waals surface area (Å²) in [6.07, 6.45) is 3.46. The Balaban J connectivity index is 2.85. The zero-order valence-corrected chi connectivity index (χ0v) is 11.6. The van der Waals surface area contributed by atoms with Crippen LogP contribution in [0.4, 0.5) is 0 Å². The molecule has 102 valence electrons. The average Bonchev–Trinajstić information content (AvgIpc) is 2.35. The molecule has 17 heavy (non-hydrogen) atoms. The first-order valence-electron chi connectivity index (χ1n) is 6.45. The van der Waals surface area contributed by atoms with Crippen molar-refractivity contribution in [3.05, 3.63) is 0 Å². The molecular weight excluding hydrogens is 240 g/mol. The topological polar surface area (TPSA) is 60.9 Å². The van der Waals surface area contributed by atoms with E-state index in [0.717, 1.165) is 25.7 Å². The van der Waals surface area contributed by atoms with Gasteiger partial charge < -0.3 is 5.11 Å². The summed E-state index contributed by atoms with van der Waals surface area (Å²) in [6.45, 7) is 5.32. The van der Waals surface area contributed by atoms with E-state index >= 15 is 0 Å². The van der Waals surface area contributed by atoms with E-state index in [-0.39, 0.29) is 12.6 Å². The summed E-state index contributed by atoms with van der Waals surface area (Å²) >= 11 is 0. The molecule has 1 N–H and O–H groups in total. The fourth-order valence-corrected chi connectivity index (χ4v) is 4.24. The van der Waals surface area contributed by atoms with E-state index in [1.54, 1.807) is 0 Å². The second kappa shape index (κ2) is 6.68. The number of hydrogen-bond donors (Lipinski definition) is 1. The highest BCUT2D eigenvalue weighted by Gasteiger charge is 2.35. The van der Waals surface area contributed by atoms with Gasteiger partial charge in [-0.25, -0.2) is 0 Å². The third kappa shape index (κ3) is 3.40. The molecule has 5 nitrogen and oxygen atoms in total. The Hall–Kier alpha value is -0.170. The minimum Gasteiger partial charge on any atom is -0.395 e. The number of aliphatic hydroxyl groups excluding tert-OH is 1. The summed E-state index contributed by atoms with van der Waals surface area (Å²) in [6, 6.07) is -0.236. The summed E-state index contributed by atoms with van der Waals surface area (Å²) in [5.74, 6) is 0. The van der Waals surface area contributed by atoms with E-state index in [1.165, 1.54) is 8.61 Å². The van der Waals surface area contributed by atoms with Crippen molar-refractivity contribution in [3.63, 3.8) is 0 Å². The molecule has 1 heterocycles. The maximum Gasteiger partial charge on any atom is 0.282 e. The van der Waals surface area contributed by atoms with Crippen molar-refractivity contribution in [3.8, 4) is 0 Å². The van der Waals surface area contributed by atoms with Crippen molar-refractivity contribution in [2.24, 2.45) is 0 Å².